The van der Waals surface area contributed by atoms with E-state index in [4.69, 9.17) is 9.47 Å². The monoisotopic (exact) mass is 377 g/mol. The van der Waals surface area contributed by atoms with Crippen LogP contribution in [0.15, 0.2) is 30.3 Å². The van der Waals surface area contributed by atoms with Crippen LogP contribution in [-0.4, -0.2) is 49.1 Å². The van der Waals surface area contributed by atoms with Gasteiger partial charge in [0.05, 0.1) is 14.2 Å². The maximum absolute atomic E-state index is 13.4. The van der Waals surface area contributed by atoms with Crippen LogP contribution >= 0.6 is 0 Å². The second-order valence-corrected chi connectivity index (χ2v) is 6.27. The molecule has 144 valence electrons. The van der Waals surface area contributed by atoms with Crippen molar-refractivity contribution in [3.05, 3.63) is 47.5 Å². The molecule has 1 saturated heterocycles. The molecule has 0 unspecified atom stereocenters. The number of aromatic nitrogens is 1. The Kier molecular flexibility index (Phi) is 5.73. The molecule has 1 fully saturated rings. The number of nitrogens with one attached hydrogen (secondary N) is 1. The molecule has 2 aromatic rings. The van der Waals surface area contributed by atoms with Crippen molar-refractivity contribution in [2.75, 3.05) is 32.6 Å². The summed E-state index contributed by atoms with van der Waals surface area (Å²) in [6, 6.07) is 6.85. The fourth-order valence-electron chi connectivity index (χ4n) is 3.13. The molecule has 8 heteroatoms. The van der Waals surface area contributed by atoms with E-state index in [0.717, 1.165) is 25.0 Å². The molecular weight excluding hydrogens is 356 g/mol. The highest BCUT2D eigenvalue weighted by atomic mass is 19.2. The Bertz CT molecular complexity index is 832. The molecule has 27 heavy (non-hydrogen) atoms. The van der Waals surface area contributed by atoms with Crippen LogP contribution in [0, 0.1) is 11.6 Å². The van der Waals surface area contributed by atoms with E-state index in [9.17, 15) is 13.6 Å². The molecule has 1 aromatic carbocycles. The van der Waals surface area contributed by atoms with Crippen LogP contribution in [-0.2, 0) is 0 Å². The average molecular weight is 377 g/mol. The predicted molar refractivity (Wildman–Crippen MR) is 96.2 cm³/mol. The zero-order valence-corrected chi connectivity index (χ0v) is 15.2. The van der Waals surface area contributed by atoms with E-state index in [1.807, 2.05) is 0 Å². The Labute approximate surface area is 156 Å². The molecule has 1 aliphatic rings. The normalized spacial score (nSPS) is 16.7. The number of carbonyl (C=O) groups excluding carboxylic acids is 1. The van der Waals surface area contributed by atoms with Gasteiger partial charge in [-0.05, 0) is 31.0 Å². The number of methoxy groups -OCH3 is 2. The standard InChI is InChI=1S/C19H21F2N3O3/c1-26-17-8-6-14(18(23-17)27-2)19(25)24-9-3-4-13(11-24)22-12-5-7-15(20)16(21)10-12/h5-8,10,13,22H,3-4,9,11H2,1-2H3/t13-/m1/s1. The molecule has 6 nitrogen and oxygen atoms in total. The van der Waals surface area contributed by atoms with Crippen molar-refractivity contribution in [3.63, 3.8) is 0 Å². The number of ether oxygens (including phenoxy) is 2. The third-order valence-corrected chi connectivity index (χ3v) is 4.47. The van der Waals surface area contributed by atoms with E-state index in [0.29, 0.717) is 30.2 Å². The van der Waals surface area contributed by atoms with Gasteiger partial charge in [0.15, 0.2) is 11.6 Å². The minimum Gasteiger partial charge on any atom is -0.481 e. The van der Waals surface area contributed by atoms with E-state index >= 15 is 0 Å². The number of amides is 1. The summed E-state index contributed by atoms with van der Waals surface area (Å²) in [5.74, 6) is -1.42. The fourth-order valence-corrected chi connectivity index (χ4v) is 3.13. The van der Waals surface area contributed by atoms with Gasteiger partial charge >= 0.3 is 0 Å². The van der Waals surface area contributed by atoms with Crippen molar-refractivity contribution < 1.29 is 23.0 Å². The summed E-state index contributed by atoms with van der Waals surface area (Å²) >= 11 is 0. The van der Waals surface area contributed by atoms with E-state index < -0.39 is 11.6 Å². The van der Waals surface area contributed by atoms with Crippen LogP contribution in [0.5, 0.6) is 11.8 Å². The van der Waals surface area contributed by atoms with E-state index in [1.54, 1.807) is 17.0 Å². The quantitative estimate of drug-likeness (QED) is 0.868. The Balaban J connectivity index is 1.72. The topological polar surface area (TPSA) is 63.7 Å². The lowest BCUT2D eigenvalue weighted by Gasteiger charge is -2.34. The summed E-state index contributed by atoms with van der Waals surface area (Å²) in [4.78, 5) is 18.8. The molecule has 0 radical (unpaired) electrons. The molecule has 0 bridgehead atoms. The molecule has 1 N–H and O–H groups in total. The lowest BCUT2D eigenvalue weighted by molar-refractivity contribution is 0.0710. The van der Waals surface area contributed by atoms with Crippen molar-refractivity contribution in [2.24, 2.45) is 0 Å². The highest BCUT2D eigenvalue weighted by Crippen LogP contribution is 2.24. The van der Waals surface area contributed by atoms with Gasteiger partial charge in [-0.2, -0.15) is 4.98 Å². The Morgan fingerprint density at radius 2 is 2.00 bits per heavy atom. The first kappa shape index (κ1) is 18.9. The third kappa shape index (κ3) is 4.27. The molecule has 1 aromatic heterocycles. The van der Waals surface area contributed by atoms with Gasteiger partial charge in [-0.1, -0.05) is 0 Å². The van der Waals surface area contributed by atoms with Crippen molar-refractivity contribution in [1.82, 2.24) is 9.88 Å². The lowest BCUT2D eigenvalue weighted by Crippen LogP contribution is -2.45. The third-order valence-electron chi connectivity index (χ3n) is 4.47. The summed E-state index contributed by atoms with van der Waals surface area (Å²) in [5, 5.41) is 3.16. The van der Waals surface area contributed by atoms with Gasteiger partial charge in [0.1, 0.15) is 5.56 Å². The van der Waals surface area contributed by atoms with Crippen molar-refractivity contribution in [1.29, 1.82) is 0 Å². The maximum Gasteiger partial charge on any atom is 0.259 e. The maximum atomic E-state index is 13.4. The number of benzene rings is 1. The number of likely N-dealkylation sites (tertiary alicyclic amines) is 1. The van der Waals surface area contributed by atoms with Crippen molar-refractivity contribution in [2.45, 2.75) is 18.9 Å². The van der Waals surface area contributed by atoms with Crippen molar-refractivity contribution >= 4 is 11.6 Å². The molecule has 2 heterocycles. The predicted octanol–water partition coefficient (Wildman–Crippen LogP) is 3.09. The summed E-state index contributed by atoms with van der Waals surface area (Å²) in [5.41, 5.74) is 0.837. The number of anilines is 1. The summed E-state index contributed by atoms with van der Waals surface area (Å²) < 4.78 is 36.7. The highest BCUT2D eigenvalue weighted by Gasteiger charge is 2.27. The number of pyridine rings is 1. The lowest BCUT2D eigenvalue weighted by atomic mass is 10.0. The van der Waals surface area contributed by atoms with Gasteiger partial charge in [-0.15, -0.1) is 0 Å². The van der Waals surface area contributed by atoms with Crippen LogP contribution in [0.1, 0.15) is 23.2 Å². The van der Waals surface area contributed by atoms with Gasteiger partial charge < -0.3 is 19.7 Å². The Morgan fingerprint density at radius 1 is 1.19 bits per heavy atom. The number of carbonyl (C=O) groups is 1. The van der Waals surface area contributed by atoms with Crippen LogP contribution in [0.2, 0.25) is 0 Å². The van der Waals surface area contributed by atoms with E-state index in [-0.39, 0.29) is 17.8 Å². The molecule has 1 atom stereocenters. The second-order valence-electron chi connectivity index (χ2n) is 6.27. The van der Waals surface area contributed by atoms with Crippen LogP contribution < -0.4 is 14.8 Å². The smallest absolute Gasteiger partial charge is 0.259 e. The molecule has 1 amide bonds. The number of rotatable bonds is 5. The van der Waals surface area contributed by atoms with E-state index in [2.05, 4.69) is 10.3 Å². The van der Waals surface area contributed by atoms with Crippen molar-refractivity contribution in [3.8, 4) is 11.8 Å². The molecule has 0 saturated carbocycles. The van der Waals surface area contributed by atoms with Gasteiger partial charge in [0, 0.05) is 37.0 Å². The first-order valence-electron chi connectivity index (χ1n) is 8.61. The van der Waals surface area contributed by atoms with Gasteiger partial charge in [-0.25, -0.2) is 8.78 Å². The van der Waals surface area contributed by atoms with Crippen LogP contribution in [0.3, 0.4) is 0 Å². The first-order valence-corrected chi connectivity index (χ1v) is 8.61. The molecular formula is C19H21F2N3O3. The SMILES string of the molecule is COc1ccc(C(=O)N2CCC[C@@H](Nc3ccc(F)c(F)c3)C2)c(OC)n1. The largest absolute Gasteiger partial charge is 0.481 e. The number of hydrogen-bond donors (Lipinski definition) is 1. The Hall–Kier alpha value is -2.90. The van der Waals surface area contributed by atoms with Gasteiger partial charge in [0.25, 0.3) is 5.91 Å². The number of hydrogen-bond acceptors (Lipinski definition) is 5. The summed E-state index contributed by atoms with van der Waals surface area (Å²) in [7, 11) is 2.94. The fraction of sp³-hybridized carbons (Fsp3) is 0.368. The minimum atomic E-state index is -0.905. The van der Waals surface area contributed by atoms with Gasteiger partial charge in [0.2, 0.25) is 11.8 Å². The molecule has 1 aliphatic heterocycles. The summed E-state index contributed by atoms with van der Waals surface area (Å²) in [6.45, 7) is 1.04. The van der Waals surface area contributed by atoms with Crippen LogP contribution in [0.25, 0.3) is 0 Å². The minimum absolute atomic E-state index is 0.0650. The summed E-state index contributed by atoms with van der Waals surface area (Å²) in [6.07, 6.45) is 1.61. The van der Waals surface area contributed by atoms with Crippen LogP contribution in [0.4, 0.5) is 14.5 Å². The Morgan fingerprint density at radius 3 is 2.70 bits per heavy atom. The molecule has 3 rings (SSSR count). The number of piperidine rings is 1. The number of halogens is 2. The highest BCUT2D eigenvalue weighted by molar-refractivity contribution is 5.96. The van der Waals surface area contributed by atoms with Gasteiger partial charge in [-0.3, -0.25) is 4.79 Å². The second kappa shape index (κ2) is 8.20. The zero-order valence-electron chi connectivity index (χ0n) is 15.2. The molecule has 0 aliphatic carbocycles. The first-order chi connectivity index (χ1) is 13.0. The molecule has 0 spiro atoms. The van der Waals surface area contributed by atoms with E-state index in [1.165, 1.54) is 20.3 Å². The zero-order chi connectivity index (χ0) is 19.4. The average Bonchev–Trinajstić information content (AvgIpc) is 2.70. The number of nitrogens with zero attached hydrogens (tertiary/aromatic N) is 2.